The predicted octanol–water partition coefficient (Wildman–Crippen LogP) is 2.43. The maximum atomic E-state index is 12.4. The Bertz CT molecular complexity index is 957. The van der Waals surface area contributed by atoms with Crippen LogP contribution in [-0.2, 0) is 11.3 Å². The van der Waals surface area contributed by atoms with Crippen LogP contribution < -0.4 is 5.32 Å². The highest BCUT2D eigenvalue weighted by molar-refractivity contribution is 7.14. The molecule has 0 aliphatic rings. The molecule has 1 atom stereocenters. The number of nitrogens with zero attached hydrogens (tertiary/aromatic N) is 5. The summed E-state index contributed by atoms with van der Waals surface area (Å²) in [6.45, 7) is 6.41. The van der Waals surface area contributed by atoms with Crippen LogP contribution in [0.5, 0.6) is 0 Å². The lowest BCUT2D eigenvalue weighted by Gasteiger charge is -2.10. The van der Waals surface area contributed by atoms with Crippen LogP contribution in [-0.4, -0.2) is 41.5 Å². The van der Waals surface area contributed by atoms with E-state index in [0.29, 0.717) is 5.13 Å². The molecule has 0 spiro atoms. The van der Waals surface area contributed by atoms with Gasteiger partial charge in [-0.2, -0.15) is 10.2 Å². The van der Waals surface area contributed by atoms with Gasteiger partial charge in [-0.1, -0.05) is 0 Å². The molecule has 26 heavy (non-hydrogen) atoms. The summed E-state index contributed by atoms with van der Waals surface area (Å²) in [5.74, 6) is -1.46. The van der Waals surface area contributed by atoms with E-state index >= 15 is 0 Å². The van der Waals surface area contributed by atoms with Gasteiger partial charge in [0.1, 0.15) is 6.04 Å². The molecule has 0 fully saturated rings. The van der Waals surface area contributed by atoms with E-state index < -0.39 is 12.0 Å². The van der Waals surface area contributed by atoms with Crippen molar-refractivity contribution in [2.45, 2.75) is 33.4 Å². The molecule has 0 aliphatic heterocycles. The number of anilines is 1. The summed E-state index contributed by atoms with van der Waals surface area (Å²) < 4.78 is 3.19. The lowest BCUT2D eigenvalue weighted by molar-refractivity contribution is -0.119. The van der Waals surface area contributed by atoms with E-state index in [4.69, 9.17) is 5.11 Å². The van der Waals surface area contributed by atoms with Crippen LogP contribution in [0.25, 0.3) is 11.3 Å². The number of nitrogens with one attached hydrogen (secondary N) is 1. The normalized spacial score (nSPS) is 12.1. The summed E-state index contributed by atoms with van der Waals surface area (Å²) in [6.07, 6.45) is 3.22. The van der Waals surface area contributed by atoms with Gasteiger partial charge in [0.05, 0.1) is 11.9 Å². The van der Waals surface area contributed by atoms with Crippen molar-refractivity contribution in [3.8, 4) is 11.3 Å². The number of carbonyl (C=O) groups is 2. The van der Waals surface area contributed by atoms with Crippen molar-refractivity contribution in [3.05, 3.63) is 35.2 Å². The Morgan fingerprint density at radius 1 is 1.42 bits per heavy atom. The summed E-state index contributed by atoms with van der Waals surface area (Å²) in [5.41, 5.74) is 2.59. The number of carboxylic acid groups (broad SMARTS) is 1. The molecule has 2 N–H and O–H groups in total. The molecule has 3 aromatic heterocycles. The molecule has 0 aromatic carbocycles. The fourth-order valence-corrected chi connectivity index (χ4v) is 3.18. The quantitative estimate of drug-likeness (QED) is 0.685. The van der Waals surface area contributed by atoms with Gasteiger partial charge in [-0.15, -0.1) is 11.3 Å². The zero-order valence-electron chi connectivity index (χ0n) is 14.5. The van der Waals surface area contributed by atoms with Crippen LogP contribution in [0.3, 0.4) is 0 Å². The number of aromatic carboxylic acids is 1. The largest absolute Gasteiger partial charge is 0.476 e. The Hall–Kier alpha value is -3.01. The summed E-state index contributed by atoms with van der Waals surface area (Å²) in [5, 5.41) is 22.2. The number of carbonyl (C=O) groups excluding carboxylic acids is 1. The van der Waals surface area contributed by atoms with Crippen LogP contribution in [0.4, 0.5) is 5.13 Å². The standard InChI is InChI=1S/C16H18N6O3S/c1-4-21-9(2)11(7-17-21)13-8-26-16(18-13)19-14(23)10(3)22-6-5-12(20-22)15(24)25/h5-8,10H,4H2,1-3H3,(H,24,25)(H,18,19,23). The van der Waals surface area contributed by atoms with Gasteiger partial charge >= 0.3 is 5.97 Å². The topological polar surface area (TPSA) is 115 Å². The minimum absolute atomic E-state index is 0.107. The molecular formula is C16H18N6O3S. The molecule has 1 amide bonds. The highest BCUT2D eigenvalue weighted by Crippen LogP contribution is 2.27. The van der Waals surface area contributed by atoms with Gasteiger partial charge in [0.2, 0.25) is 0 Å². The SMILES string of the molecule is CCn1ncc(-c2csc(NC(=O)C(C)n3ccc(C(=O)O)n3)n2)c1C. The maximum Gasteiger partial charge on any atom is 0.356 e. The molecule has 10 heteroatoms. The molecule has 3 heterocycles. The molecule has 9 nitrogen and oxygen atoms in total. The fraction of sp³-hybridized carbons (Fsp3) is 0.312. The van der Waals surface area contributed by atoms with E-state index in [1.807, 2.05) is 23.9 Å². The van der Waals surface area contributed by atoms with Crippen LogP contribution in [0.15, 0.2) is 23.8 Å². The number of hydrogen-bond acceptors (Lipinski definition) is 6. The first-order valence-electron chi connectivity index (χ1n) is 7.98. The van der Waals surface area contributed by atoms with Crippen molar-refractivity contribution in [2.75, 3.05) is 5.32 Å². The van der Waals surface area contributed by atoms with Crippen molar-refractivity contribution in [1.29, 1.82) is 0 Å². The first kappa shape index (κ1) is 17.8. The third-order valence-corrected chi connectivity index (χ3v) is 4.77. The van der Waals surface area contributed by atoms with E-state index in [2.05, 4.69) is 20.5 Å². The zero-order chi connectivity index (χ0) is 18.8. The minimum atomic E-state index is -1.14. The van der Waals surface area contributed by atoms with Crippen LogP contribution >= 0.6 is 11.3 Å². The predicted molar refractivity (Wildman–Crippen MR) is 96.3 cm³/mol. The van der Waals surface area contributed by atoms with Gasteiger partial charge in [0, 0.05) is 29.4 Å². The third-order valence-electron chi connectivity index (χ3n) is 4.02. The Morgan fingerprint density at radius 2 is 2.19 bits per heavy atom. The maximum absolute atomic E-state index is 12.4. The highest BCUT2D eigenvalue weighted by Gasteiger charge is 2.19. The fourth-order valence-electron chi connectivity index (χ4n) is 2.47. The molecule has 136 valence electrons. The molecule has 3 aromatic rings. The molecule has 1 unspecified atom stereocenters. The van der Waals surface area contributed by atoms with Crippen molar-refractivity contribution in [3.63, 3.8) is 0 Å². The highest BCUT2D eigenvalue weighted by atomic mass is 32.1. The second kappa shape index (κ2) is 7.08. The first-order chi connectivity index (χ1) is 12.4. The number of rotatable bonds is 6. The second-order valence-electron chi connectivity index (χ2n) is 5.65. The molecule has 0 aliphatic carbocycles. The monoisotopic (exact) mass is 374 g/mol. The number of aryl methyl sites for hydroxylation is 1. The lowest BCUT2D eigenvalue weighted by atomic mass is 10.2. The van der Waals surface area contributed by atoms with Crippen LogP contribution in [0.1, 0.15) is 36.1 Å². The minimum Gasteiger partial charge on any atom is -0.476 e. The Morgan fingerprint density at radius 3 is 2.81 bits per heavy atom. The van der Waals surface area contributed by atoms with Gasteiger partial charge in [-0.25, -0.2) is 9.78 Å². The summed E-state index contributed by atoms with van der Waals surface area (Å²) in [4.78, 5) is 27.7. The average molecular weight is 374 g/mol. The van der Waals surface area contributed by atoms with Gasteiger partial charge in [-0.05, 0) is 26.8 Å². The molecule has 3 rings (SSSR count). The Kier molecular flexibility index (Phi) is 4.85. The molecule has 0 radical (unpaired) electrons. The molecular weight excluding hydrogens is 356 g/mol. The summed E-state index contributed by atoms with van der Waals surface area (Å²) >= 11 is 1.32. The van der Waals surface area contributed by atoms with E-state index in [1.165, 1.54) is 28.3 Å². The van der Waals surface area contributed by atoms with Crippen LogP contribution in [0.2, 0.25) is 0 Å². The van der Waals surface area contributed by atoms with E-state index in [9.17, 15) is 9.59 Å². The first-order valence-corrected chi connectivity index (χ1v) is 8.86. The Labute approximate surface area is 153 Å². The van der Waals surface area contributed by atoms with Gasteiger partial charge in [-0.3, -0.25) is 14.2 Å². The van der Waals surface area contributed by atoms with Gasteiger partial charge in [0.25, 0.3) is 5.91 Å². The van der Waals surface area contributed by atoms with Crippen molar-refractivity contribution in [2.24, 2.45) is 0 Å². The Balaban J connectivity index is 1.72. The number of hydrogen-bond donors (Lipinski definition) is 2. The second-order valence-corrected chi connectivity index (χ2v) is 6.51. The van der Waals surface area contributed by atoms with Crippen molar-refractivity contribution in [1.82, 2.24) is 24.5 Å². The van der Waals surface area contributed by atoms with Crippen molar-refractivity contribution >= 4 is 28.3 Å². The zero-order valence-corrected chi connectivity index (χ0v) is 15.3. The lowest BCUT2D eigenvalue weighted by Crippen LogP contribution is -2.24. The van der Waals surface area contributed by atoms with Crippen LogP contribution in [0, 0.1) is 6.92 Å². The average Bonchev–Trinajstić information content (AvgIpc) is 3.33. The molecule has 0 saturated carbocycles. The number of aromatic nitrogens is 5. The number of amides is 1. The number of carboxylic acids is 1. The van der Waals surface area contributed by atoms with Crippen molar-refractivity contribution < 1.29 is 14.7 Å². The summed E-state index contributed by atoms with van der Waals surface area (Å²) in [6, 6.07) is 0.682. The van der Waals surface area contributed by atoms with E-state index in [1.54, 1.807) is 13.1 Å². The smallest absolute Gasteiger partial charge is 0.356 e. The summed E-state index contributed by atoms with van der Waals surface area (Å²) in [7, 11) is 0. The van der Waals surface area contributed by atoms with E-state index in [0.717, 1.165) is 23.5 Å². The molecule has 0 bridgehead atoms. The van der Waals surface area contributed by atoms with Gasteiger partial charge < -0.3 is 10.4 Å². The van der Waals surface area contributed by atoms with E-state index in [-0.39, 0.29) is 11.6 Å². The third kappa shape index (κ3) is 3.36. The molecule has 0 saturated heterocycles. The van der Waals surface area contributed by atoms with Gasteiger partial charge in [0.15, 0.2) is 10.8 Å². The number of thiazole rings is 1.